The molecule has 8 aromatic rings. The smallest absolute Gasteiger partial charge is 0.0475 e. The van der Waals surface area contributed by atoms with E-state index in [4.69, 9.17) is 0 Å². The number of allylic oxidation sites excluding steroid dienone is 3. The van der Waals surface area contributed by atoms with Gasteiger partial charge in [0.15, 0.2) is 0 Å². The molecule has 1 aromatic heterocycles. The molecule has 0 amide bonds. The largest absolute Gasteiger partial charge is 0.311 e. The molecule has 0 N–H and O–H groups in total. The maximum absolute atomic E-state index is 2.48. The van der Waals surface area contributed by atoms with Crippen LogP contribution in [0.3, 0.4) is 0 Å². The molecule has 3 heteroatoms. The molecule has 0 fully saturated rings. The lowest BCUT2D eigenvalue weighted by Gasteiger charge is -2.30. The Balaban J connectivity index is 1.16. The van der Waals surface area contributed by atoms with Crippen molar-refractivity contribution in [2.24, 2.45) is 0 Å². The molecule has 1 aliphatic heterocycles. The highest BCUT2D eigenvalue weighted by Gasteiger charge is 2.31. The molecule has 7 aromatic carbocycles. The Morgan fingerprint density at radius 2 is 1.24 bits per heavy atom. The highest BCUT2D eigenvalue weighted by Crippen LogP contribution is 2.53. The summed E-state index contributed by atoms with van der Waals surface area (Å²) in [5, 5.41) is 10.4. The van der Waals surface area contributed by atoms with Gasteiger partial charge in [-0.2, -0.15) is 0 Å². The second-order valence-corrected chi connectivity index (χ2v) is 14.3. The molecule has 0 saturated heterocycles. The van der Waals surface area contributed by atoms with Crippen LogP contribution in [-0.2, 0) is 0 Å². The molecule has 0 spiro atoms. The van der Waals surface area contributed by atoms with E-state index in [9.17, 15) is 0 Å². The van der Waals surface area contributed by atoms with Crippen molar-refractivity contribution in [2.45, 2.75) is 17.2 Å². The van der Waals surface area contributed by atoms with Gasteiger partial charge in [-0.15, -0.1) is 11.3 Å². The number of benzene rings is 7. The first-order valence-corrected chi connectivity index (χ1v) is 17.2. The van der Waals surface area contributed by atoms with Crippen molar-refractivity contribution in [1.82, 2.24) is 0 Å². The lowest BCUT2D eigenvalue weighted by atomic mass is 9.91. The maximum atomic E-state index is 2.48. The monoisotopic (exact) mass is 609 g/mol. The fourth-order valence-electron chi connectivity index (χ4n) is 7.45. The van der Waals surface area contributed by atoms with Crippen molar-refractivity contribution in [3.05, 3.63) is 162 Å². The summed E-state index contributed by atoms with van der Waals surface area (Å²) < 4.78 is 2.66. The highest BCUT2D eigenvalue weighted by molar-refractivity contribution is 8.03. The van der Waals surface area contributed by atoms with Crippen molar-refractivity contribution < 1.29 is 0 Å². The van der Waals surface area contributed by atoms with Gasteiger partial charge in [0.05, 0.1) is 0 Å². The number of fused-ring (bicyclic) bond motifs is 11. The third-order valence-corrected chi connectivity index (χ3v) is 11.9. The second-order valence-electron chi connectivity index (χ2n) is 12.1. The lowest BCUT2D eigenvalue weighted by molar-refractivity contribution is 0.825. The van der Waals surface area contributed by atoms with Gasteiger partial charge in [0, 0.05) is 48.1 Å². The lowest BCUT2D eigenvalue weighted by Crippen LogP contribution is -2.17. The molecule has 45 heavy (non-hydrogen) atoms. The van der Waals surface area contributed by atoms with E-state index in [2.05, 4.69) is 151 Å². The topological polar surface area (TPSA) is 3.24 Å². The number of thioether (sulfide) groups is 1. The Morgan fingerprint density at radius 1 is 0.556 bits per heavy atom. The van der Waals surface area contributed by atoms with Crippen LogP contribution in [0.1, 0.15) is 17.9 Å². The number of hydrogen-bond acceptors (Lipinski definition) is 3. The number of anilines is 2. The average Bonchev–Trinajstić information content (AvgIpc) is 3.65. The van der Waals surface area contributed by atoms with Crippen LogP contribution in [0, 0.1) is 0 Å². The Labute approximate surface area is 269 Å². The van der Waals surface area contributed by atoms with Crippen molar-refractivity contribution in [1.29, 1.82) is 0 Å². The van der Waals surface area contributed by atoms with E-state index >= 15 is 0 Å². The van der Waals surface area contributed by atoms with E-state index < -0.39 is 0 Å². The quantitative estimate of drug-likeness (QED) is 0.183. The molecule has 2 aliphatic rings. The third-order valence-electron chi connectivity index (χ3n) is 9.56. The Bertz CT molecular complexity index is 2570. The molecule has 1 nitrogen and oxygen atoms in total. The molecular weight excluding hydrogens is 583 g/mol. The normalized spacial score (nSPS) is 15.9. The summed E-state index contributed by atoms with van der Waals surface area (Å²) in [6, 6.07) is 49.5. The summed E-state index contributed by atoms with van der Waals surface area (Å²) >= 11 is 3.82. The maximum Gasteiger partial charge on any atom is 0.0475 e. The minimum Gasteiger partial charge on any atom is -0.311 e. The van der Waals surface area contributed by atoms with Crippen LogP contribution >= 0.6 is 23.1 Å². The molecule has 1 aliphatic carbocycles. The van der Waals surface area contributed by atoms with Crippen LogP contribution in [0.25, 0.3) is 52.5 Å². The van der Waals surface area contributed by atoms with E-state index in [0.717, 1.165) is 6.42 Å². The van der Waals surface area contributed by atoms with Gasteiger partial charge in [0.1, 0.15) is 0 Å². The molecule has 0 radical (unpaired) electrons. The van der Waals surface area contributed by atoms with Gasteiger partial charge in [0.2, 0.25) is 0 Å². The Kier molecular flexibility index (Phi) is 5.57. The van der Waals surface area contributed by atoms with E-state index in [0.29, 0.717) is 5.92 Å². The zero-order chi connectivity index (χ0) is 29.5. The molecular formula is C42H27NS2. The first-order valence-electron chi connectivity index (χ1n) is 15.5. The van der Waals surface area contributed by atoms with Gasteiger partial charge in [-0.3, -0.25) is 0 Å². The van der Waals surface area contributed by atoms with Gasteiger partial charge in [0.25, 0.3) is 0 Å². The van der Waals surface area contributed by atoms with Crippen LogP contribution in [0.15, 0.2) is 161 Å². The molecule has 10 rings (SSSR count). The number of thiophene rings is 1. The number of nitrogens with zero attached hydrogens (tertiary/aromatic N) is 1. The summed E-state index contributed by atoms with van der Waals surface area (Å²) in [5.41, 5.74) is 5.09. The third kappa shape index (κ3) is 3.94. The van der Waals surface area contributed by atoms with Gasteiger partial charge in [-0.05, 0) is 91.7 Å². The van der Waals surface area contributed by atoms with Gasteiger partial charge >= 0.3 is 0 Å². The fourth-order valence-corrected chi connectivity index (χ4v) is 9.86. The van der Waals surface area contributed by atoms with Crippen LogP contribution in [0.5, 0.6) is 0 Å². The fraction of sp³-hybridized carbons (Fsp3) is 0.0476. The van der Waals surface area contributed by atoms with E-state index in [1.54, 1.807) is 0 Å². The van der Waals surface area contributed by atoms with Crippen LogP contribution < -0.4 is 4.90 Å². The number of hydrogen-bond donors (Lipinski definition) is 0. The summed E-state index contributed by atoms with van der Waals surface area (Å²) in [7, 11) is 0. The van der Waals surface area contributed by atoms with Crippen LogP contribution in [0.2, 0.25) is 0 Å². The zero-order valence-electron chi connectivity index (χ0n) is 24.4. The minimum absolute atomic E-state index is 0.457. The summed E-state index contributed by atoms with van der Waals surface area (Å²) in [5.74, 6) is 0.457. The van der Waals surface area contributed by atoms with E-state index in [1.165, 1.54) is 84.9 Å². The summed E-state index contributed by atoms with van der Waals surface area (Å²) in [6.07, 6.45) is 5.90. The predicted octanol–water partition coefficient (Wildman–Crippen LogP) is 12.7. The first kappa shape index (κ1) is 25.5. The van der Waals surface area contributed by atoms with E-state index in [-0.39, 0.29) is 0 Å². The van der Waals surface area contributed by atoms with Gasteiger partial charge in [-0.25, -0.2) is 0 Å². The van der Waals surface area contributed by atoms with Crippen LogP contribution in [-0.4, -0.2) is 0 Å². The number of rotatable bonds is 3. The minimum atomic E-state index is 0.457. The van der Waals surface area contributed by atoms with Crippen molar-refractivity contribution in [2.75, 3.05) is 4.90 Å². The summed E-state index contributed by atoms with van der Waals surface area (Å²) in [6.45, 7) is 0. The molecule has 0 saturated carbocycles. The SMILES string of the molecule is C1=C2Sc3ccccc3C2CC=C1N(c1ccc2c(ccc3ccc4ccccc4c32)c1)c1ccc2c(c1)sc1ccccc12. The van der Waals surface area contributed by atoms with Crippen LogP contribution in [0.4, 0.5) is 11.4 Å². The van der Waals surface area contributed by atoms with Gasteiger partial charge < -0.3 is 4.90 Å². The molecule has 1 atom stereocenters. The standard InChI is InChI=1S/C42H27NS2/c1-2-8-32-26(7-1)13-14-27-15-16-28-23-29(17-20-33(28)42(27)32)43(30-18-21-36-34-9-3-5-11-38(34)44-40(36)24-30)31-19-22-37-35-10-4-6-12-39(35)45-41(37)25-31/h1-21,23-25,37H,22H2. The van der Waals surface area contributed by atoms with E-state index in [1.807, 2.05) is 23.1 Å². The van der Waals surface area contributed by atoms with Crippen molar-refractivity contribution in [3.63, 3.8) is 0 Å². The van der Waals surface area contributed by atoms with Crippen molar-refractivity contribution >= 4 is 87.0 Å². The molecule has 2 heterocycles. The van der Waals surface area contributed by atoms with Crippen molar-refractivity contribution in [3.8, 4) is 0 Å². The first-order chi connectivity index (χ1) is 22.3. The zero-order valence-corrected chi connectivity index (χ0v) is 26.0. The second kappa shape index (κ2) is 9.84. The predicted molar refractivity (Wildman–Crippen MR) is 196 cm³/mol. The Hall–Kier alpha value is -4.83. The molecule has 0 bridgehead atoms. The molecule has 212 valence electrons. The van der Waals surface area contributed by atoms with Gasteiger partial charge in [-0.1, -0.05) is 115 Å². The average molecular weight is 610 g/mol. The Morgan fingerprint density at radius 3 is 2.18 bits per heavy atom. The molecule has 1 unspecified atom stereocenters. The summed E-state index contributed by atoms with van der Waals surface area (Å²) in [4.78, 5) is 5.31. The highest BCUT2D eigenvalue weighted by atomic mass is 32.2.